The largest absolute Gasteiger partial charge is 0.344 e. The standard InChI is InChI=1S/C24H34O3/c1-15(25)24-20(26-21(2,3)27-24)14-19-17-10-9-16-8-6-7-12-22(16,4)18(17)11-13-23(19,24)5/h6,8-9,17-20H,7,10-14H2,1-5H3/t17-,18+,19+,20-,22+,23+,24-/m1/s1. The zero-order valence-electron chi connectivity index (χ0n) is 17.5. The summed E-state index contributed by atoms with van der Waals surface area (Å²) in [5.41, 5.74) is 0.988. The first kappa shape index (κ1) is 18.1. The maximum atomic E-state index is 13.0. The second-order valence-electron chi connectivity index (χ2n) is 10.7. The third-order valence-corrected chi connectivity index (χ3v) is 9.17. The minimum absolute atomic E-state index is 0.0943. The average molecular weight is 371 g/mol. The van der Waals surface area contributed by atoms with Gasteiger partial charge in [-0.05, 0) is 88.0 Å². The highest BCUT2D eigenvalue weighted by atomic mass is 16.8. The highest BCUT2D eigenvalue weighted by Crippen LogP contribution is 2.70. The van der Waals surface area contributed by atoms with Crippen LogP contribution in [0.25, 0.3) is 0 Å². The van der Waals surface area contributed by atoms with E-state index in [1.165, 1.54) is 19.3 Å². The Morgan fingerprint density at radius 3 is 2.67 bits per heavy atom. The summed E-state index contributed by atoms with van der Waals surface area (Å²) in [6, 6.07) is 0. The molecule has 0 radical (unpaired) electrons. The molecule has 2 saturated carbocycles. The van der Waals surface area contributed by atoms with Crippen molar-refractivity contribution in [2.75, 3.05) is 0 Å². The quantitative estimate of drug-likeness (QED) is 0.636. The van der Waals surface area contributed by atoms with E-state index in [1.54, 1.807) is 12.5 Å². The van der Waals surface area contributed by atoms with Crippen LogP contribution in [0.4, 0.5) is 0 Å². The highest BCUT2D eigenvalue weighted by molar-refractivity contribution is 5.88. The molecule has 3 fully saturated rings. The van der Waals surface area contributed by atoms with Gasteiger partial charge in [-0.1, -0.05) is 32.1 Å². The Morgan fingerprint density at radius 1 is 1.15 bits per heavy atom. The molecule has 0 unspecified atom stereocenters. The second-order valence-corrected chi connectivity index (χ2v) is 10.7. The third kappa shape index (κ3) is 2.08. The molecule has 3 nitrogen and oxygen atoms in total. The third-order valence-electron chi connectivity index (χ3n) is 9.17. The summed E-state index contributed by atoms with van der Waals surface area (Å²) in [6.45, 7) is 10.5. The highest BCUT2D eigenvalue weighted by Gasteiger charge is 2.74. The molecule has 0 aromatic carbocycles. The van der Waals surface area contributed by atoms with Gasteiger partial charge in [-0.3, -0.25) is 4.79 Å². The number of fused-ring (bicyclic) bond motifs is 7. The van der Waals surface area contributed by atoms with Gasteiger partial charge in [0.2, 0.25) is 0 Å². The van der Waals surface area contributed by atoms with E-state index in [4.69, 9.17) is 9.47 Å². The van der Waals surface area contributed by atoms with Gasteiger partial charge in [0.05, 0.1) is 6.10 Å². The molecule has 1 saturated heterocycles. The van der Waals surface area contributed by atoms with Crippen LogP contribution < -0.4 is 0 Å². The normalized spacial score (nSPS) is 52.4. The number of rotatable bonds is 1. The minimum atomic E-state index is -0.760. The van der Waals surface area contributed by atoms with Gasteiger partial charge in [-0.2, -0.15) is 0 Å². The molecule has 3 heteroatoms. The summed E-state index contributed by atoms with van der Waals surface area (Å²) in [6.07, 6.45) is 14.0. The molecule has 1 heterocycles. The van der Waals surface area contributed by atoms with Gasteiger partial charge in [0.1, 0.15) is 0 Å². The van der Waals surface area contributed by atoms with Crippen molar-refractivity contribution in [2.24, 2.45) is 28.6 Å². The lowest BCUT2D eigenvalue weighted by Crippen LogP contribution is -2.59. The van der Waals surface area contributed by atoms with Gasteiger partial charge in [-0.25, -0.2) is 0 Å². The molecule has 7 atom stereocenters. The van der Waals surface area contributed by atoms with Crippen LogP contribution in [0.1, 0.15) is 73.1 Å². The Bertz CT molecular complexity index is 749. The molecule has 0 aromatic rings. The SMILES string of the molecule is CC(=O)[C@@]12OC(C)(C)O[C@@H]1C[C@H]1[C@@H]3CC=C4C=CCC[C@]4(C)[C@H]3CC[C@@]12C. The Balaban J connectivity index is 1.57. The molecule has 0 aromatic heterocycles. The first-order valence-electron chi connectivity index (χ1n) is 10.9. The fourth-order valence-corrected chi connectivity index (χ4v) is 8.05. The topological polar surface area (TPSA) is 35.5 Å². The van der Waals surface area contributed by atoms with Crippen LogP contribution >= 0.6 is 0 Å². The van der Waals surface area contributed by atoms with Crippen molar-refractivity contribution in [1.29, 1.82) is 0 Å². The molecule has 1 aliphatic heterocycles. The predicted octanol–water partition coefficient (Wildman–Crippen LogP) is 5.20. The van der Waals surface area contributed by atoms with Gasteiger partial charge in [-0.15, -0.1) is 0 Å². The number of ketones is 1. The summed E-state index contributed by atoms with van der Waals surface area (Å²) in [4.78, 5) is 13.0. The number of hydrogen-bond acceptors (Lipinski definition) is 3. The van der Waals surface area contributed by atoms with E-state index in [0.29, 0.717) is 17.3 Å². The van der Waals surface area contributed by atoms with Crippen molar-refractivity contribution in [3.05, 3.63) is 23.8 Å². The van der Waals surface area contributed by atoms with Gasteiger partial charge in [0, 0.05) is 5.41 Å². The number of ether oxygens (including phenoxy) is 2. The molecule has 148 valence electrons. The first-order valence-corrected chi connectivity index (χ1v) is 10.9. The van der Waals surface area contributed by atoms with Gasteiger partial charge in [0.15, 0.2) is 17.2 Å². The summed E-state index contributed by atoms with van der Waals surface area (Å²) in [7, 11) is 0. The molecule has 0 amide bonds. The van der Waals surface area contributed by atoms with Crippen LogP contribution in [-0.2, 0) is 14.3 Å². The van der Waals surface area contributed by atoms with Crippen molar-refractivity contribution in [1.82, 2.24) is 0 Å². The van der Waals surface area contributed by atoms with Crippen molar-refractivity contribution in [2.45, 2.75) is 90.6 Å². The lowest BCUT2D eigenvalue weighted by Gasteiger charge is -2.58. The van der Waals surface area contributed by atoms with E-state index in [9.17, 15) is 4.79 Å². The fraction of sp³-hybridized carbons (Fsp3) is 0.792. The van der Waals surface area contributed by atoms with Crippen molar-refractivity contribution in [3.63, 3.8) is 0 Å². The number of hydrogen-bond donors (Lipinski definition) is 0. The zero-order chi connectivity index (χ0) is 19.2. The smallest absolute Gasteiger partial charge is 0.164 e. The van der Waals surface area contributed by atoms with Crippen LogP contribution in [0, 0.1) is 28.6 Å². The van der Waals surface area contributed by atoms with Crippen LogP contribution in [0.3, 0.4) is 0 Å². The maximum Gasteiger partial charge on any atom is 0.164 e. The summed E-state index contributed by atoms with van der Waals surface area (Å²) >= 11 is 0. The average Bonchev–Trinajstić information content (AvgIpc) is 3.01. The molecule has 0 bridgehead atoms. The Kier molecular flexibility index (Phi) is 3.60. The van der Waals surface area contributed by atoms with Gasteiger partial charge in [0.25, 0.3) is 0 Å². The van der Waals surface area contributed by atoms with E-state index in [-0.39, 0.29) is 17.3 Å². The Morgan fingerprint density at radius 2 is 1.93 bits per heavy atom. The van der Waals surface area contributed by atoms with E-state index < -0.39 is 11.4 Å². The number of carbonyl (C=O) groups excluding carboxylic acids is 1. The van der Waals surface area contributed by atoms with Crippen LogP contribution in [-0.4, -0.2) is 23.3 Å². The molecule has 0 spiro atoms. The van der Waals surface area contributed by atoms with Gasteiger partial charge >= 0.3 is 0 Å². The Hall–Kier alpha value is -0.930. The summed E-state index contributed by atoms with van der Waals surface area (Å²) < 4.78 is 12.8. The van der Waals surface area contributed by atoms with Crippen LogP contribution in [0.5, 0.6) is 0 Å². The Labute approximate surface area is 163 Å². The fourth-order valence-electron chi connectivity index (χ4n) is 8.05. The van der Waals surface area contributed by atoms with E-state index in [1.807, 2.05) is 13.8 Å². The predicted molar refractivity (Wildman–Crippen MR) is 105 cm³/mol. The number of carbonyl (C=O) groups is 1. The first-order chi connectivity index (χ1) is 12.6. The van der Waals surface area contributed by atoms with E-state index in [2.05, 4.69) is 32.1 Å². The number of allylic oxidation sites excluding steroid dienone is 4. The molecule has 5 rings (SSSR count). The molecule has 0 N–H and O–H groups in total. The molecular weight excluding hydrogens is 336 g/mol. The number of Topliss-reactive ketones (excluding diaryl/α,β-unsaturated/α-hetero) is 1. The second kappa shape index (κ2) is 5.36. The zero-order valence-corrected chi connectivity index (χ0v) is 17.5. The molecule has 4 aliphatic carbocycles. The lowest BCUT2D eigenvalue weighted by atomic mass is 9.47. The minimum Gasteiger partial charge on any atom is -0.344 e. The van der Waals surface area contributed by atoms with Crippen molar-refractivity contribution in [3.8, 4) is 0 Å². The van der Waals surface area contributed by atoms with E-state index in [0.717, 1.165) is 25.2 Å². The van der Waals surface area contributed by atoms with Crippen molar-refractivity contribution >= 4 is 5.78 Å². The van der Waals surface area contributed by atoms with Crippen molar-refractivity contribution < 1.29 is 14.3 Å². The molecule has 5 aliphatic rings. The maximum absolute atomic E-state index is 13.0. The van der Waals surface area contributed by atoms with E-state index >= 15 is 0 Å². The van der Waals surface area contributed by atoms with Gasteiger partial charge < -0.3 is 9.47 Å². The lowest BCUT2D eigenvalue weighted by molar-refractivity contribution is -0.213. The molecule has 27 heavy (non-hydrogen) atoms. The summed E-state index contributed by atoms with van der Waals surface area (Å²) in [5, 5.41) is 0. The monoisotopic (exact) mass is 370 g/mol. The van der Waals surface area contributed by atoms with Crippen LogP contribution in [0.15, 0.2) is 23.8 Å². The van der Waals surface area contributed by atoms with Crippen LogP contribution in [0.2, 0.25) is 0 Å². The summed E-state index contributed by atoms with van der Waals surface area (Å²) in [5.74, 6) is 1.36. The molecular formula is C24H34O3.